The van der Waals surface area contributed by atoms with Crippen molar-refractivity contribution in [1.29, 1.82) is 0 Å². The zero-order valence-electron chi connectivity index (χ0n) is 12.4. The number of aromatic nitrogens is 2. The predicted molar refractivity (Wildman–Crippen MR) is 82.2 cm³/mol. The van der Waals surface area contributed by atoms with Crippen LogP contribution in [-0.2, 0) is 5.41 Å². The van der Waals surface area contributed by atoms with Crippen LogP contribution in [0.3, 0.4) is 0 Å². The van der Waals surface area contributed by atoms with Gasteiger partial charge in [0.25, 0.3) is 0 Å². The SMILES string of the molecule is CN1CC(C)(C)c2ccc(-c3cnn(C4CC4)c3)cc21. The second-order valence-corrected chi connectivity index (χ2v) is 6.91. The number of anilines is 1. The normalized spacial score (nSPS) is 20.2. The van der Waals surface area contributed by atoms with Crippen LogP contribution in [0.25, 0.3) is 11.1 Å². The van der Waals surface area contributed by atoms with Crippen LogP contribution < -0.4 is 4.90 Å². The number of rotatable bonds is 2. The molecule has 0 unspecified atom stereocenters. The lowest BCUT2D eigenvalue weighted by molar-refractivity contribution is 0.563. The minimum Gasteiger partial charge on any atom is -0.373 e. The minimum absolute atomic E-state index is 0.251. The maximum atomic E-state index is 4.50. The molecule has 1 aromatic carbocycles. The van der Waals surface area contributed by atoms with Gasteiger partial charge >= 0.3 is 0 Å². The van der Waals surface area contributed by atoms with E-state index in [2.05, 4.69) is 60.0 Å². The highest BCUT2D eigenvalue weighted by atomic mass is 15.3. The molecule has 0 atom stereocenters. The van der Waals surface area contributed by atoms with E-state index in [0.717, 1.165) is 6.54 Å². The third-order valence-electron chi connectivity index (χ3n) is 4.63. The number of fused-ring (bicyclic) bond motifs is 1. The van der Waals surface area contributed by atoms with E-state index in [1.54, 1.807) is 0 Å². The number of hydrogen-bond acceptors (Lipinski definition) is 2. The van der Waals surface area contributed by atoms with Crippen molar-refractivity contribution in [3.8, 4) is 11.1 Å². The Kier molecular flexibility index (Phi) is 2.33. The van der Waals surface area contributed by atoms with Crippen LogP contribution in [-0.4, -0.2) is 23.4 Å². The maximum Gasteiger partial charge on any atom is 0.0568 e. The van der Waals surface area contributed by atoms with Crippen molar-refractivity contribution in [1.82, 2.24) is 9.78 Å². The standard InChI is InChI=1S/C17H21N3/c1-17(2)11-19(3)16-8-12(4-7-15(16)17)13-9-18-20(10-13)14-5-6-14/h4,7-10,14H,5-6,11H2,1-3H3. The van der Waals surface area contributed by atoms with E-state index < -0.39 is 0 Å². The molecule has 0 spiro atoms. The summed E-state index contributed by atoms with van der Waals surface area (Å²) >= 11 is 0. The van der Waals surface area contributed by atoms with Crippen LogP contribution >= 0.6 is 0 Å². The lowest BCUT2D eigenvalue weighted by atomic mass is 9.86. The molecule has 104 valence electrons. The molecule has 2 aliphatic rings. The van der Waals surface area contributed by atoms with Gasteiger partial charge in [-0.3, -0.25) is 4.68 Å². The molecule has 0 bridgehead atoms. The number of hydrogen-bond donors (Lipinski definition) is 0. The van der Waals surface area contributed by atoms with Gasteiger partial charge in [-0.2, -0.15) is 5.10 Å². The molecule has 4 rings (SSSR count). The Morgan fingerprint density at radius 3 is 2.75 bits per heavy atom. The molecular weight excluding hydrogens is 246 g/mol. The van der Waals surface area contributed by atoms with Gasteiger partial charge in [0.2, 0.25) is 0 Å². The van der Waals surface area contributed by atoms with Crippen molar-refractivity contribution < 1.29 is 0 Å². The topological polar surface area (TPSA) is 21.1 Å². The number of likely N-dealkylation sites (N-methyl/N-ethyl adjacent to an activating group) is 1. The van der Waals surface area contributed by atoms with Gasteiger partial charge in [0, 0.05) is 36.5 Å². The fourth-order valence-corrected chi connectivity index (χ4v) is 3.39. The lowest BCUT2D eigenvalue weighted by Gasteiger charge is -2.18. The largest absolute Gasteiger partial charge is 0.373 e. The van der Waals surface area contributed by atoms with Crippen molar-refractivity contribution >= 4 is 5.69 Å². The highest BCUT2D eigenvalue weighted by Crippen LogP contribution is 2.42. The Labute approximate surface area is 120 Å². The smallest absolute Gasteiger partial charge is 0.0568 e. The van der Waals surface area contributed by atoms with Gasteiger partial charge in [0.15, 0.2) is 0 Å². The van der Waals surface area contributed by atoms with E-state index in [9.17, 15) is 0 Å². The molecule has 1 aliphatic heterocycles. The molecule has 0 amide bonds. The van der Waals surface area contributed by atoms with Crippen LogP contribution in [0.2, 0.25) is 0 Å². The van der Waals surface area contributed by atoms with E-state index in [1.807, 2.05) is 6.20 Å². The summed E-state index contributed by atoms with van der Waals surface area (Å²) in [5.74, 6) is 0. The second kappa shape index (κ2) is 3.87. The summed E-state index contributed by atoms with van der Waals surface area (Å²) in [6.45, 7) is 5.73. The van der Waals surface area contributed by atoms with Crippen molar-refractivity contribution in [2.75, 3.05) is 18.5 Å². The molecule has 2 heterocycles. The van der Waals surface area contributed by atoms with Crippen molar-refractivity contribution in [2.45, 2.75) is 38.1 Å². The van der Waals surface area contributed by atoms with Crippen molar-refractivity contribution in [3.63, 3.8) is 0 Å². The van der Waals surface area contributed by atoms with Crippen LogP contribution in [0.4, 0.5) is 5.69 Å². The maximum absolute atomic E-state index is 4.50. The fraction of sp³-hybridized carbons (Fsp3) is 0.471. The number of nitrogens with zero attached hydrogens (tertiary/aromatic N) is 3. The van der Waals surface area contributed by atoms with E-state index in [1.165, 1.54) is 35.2 Å². The van der Waals surface area contributed by atoms with Gasteiger partial charge < -0.3 is 4.90 Å². The second-order valence-electron chi connectivity index (χ2n) is 6.91. The Balaban J connectivity index is 1.74. The van der Waals surface area contributed by atoms with E-state index in [0.29, 0.717) is 6.04 Å². The third kappa shape index (κ3) is 1.76. The third-order valence-corrected chi connectivity index (χ3v) is 4.63. The molecule has 0 saturated heterocycles. The van der Waals surface area contributed by atoms with Gasteiger partial charge in [0.1, 0.15) is 0 Å². The highest BCUT2D eigenvalue weighted by molar-refractivity contribution is 5.73. The first-order chi connectivity index (χ1) is 9.54. The quantitative estimate of drug-likeness (QED) is 0.828. The van der Waals surface area contributed by atoms with Gasteiger partial charge in [-0.25, -0.2) is 0 Å². The molecule has 2 aromatic rings. The van der Waals surface area contributed by atoms with Crippen molar-refractivity contribution in [3.05, 3.63) is 36.2 Å². The first kappa shape index (κ1) is 12.0. The fourth-order valence-electron chi connectivity index (χ4n) is 3.39. The Bertz CT molecular complexity index is 665. The van der Waals surface area contributed by atoms with Gasteiger partial charge in [-0.15, -0.1) is 0 Å². The highest BCUT2D eigenvalue weighted by Gasteiger charge is 2.33. The summed E-state index contributed by atoms with van der Waals surface area (Å²) in [4.78, 5) is 2.37. The van der Waals surface area contributed by atoms with Crippen molar-refractivity contribution in [2.24, 2.45) is 0 Å². The zero-order chi connectivity index (χ0) is 13.9. The van der Waals surface area contributed by atoms with Crippen LogP contribution in [0, 0.1) is 0 Å². The summed E-state index contributed by atoms with van der Waals surface area (Å²) in [7, 11) is 2.19. The van der Waals surface area contributed by atoms with E-state index in [4.69, 9.17) is 0 Å². The summed E-state index contributed by atoms with van der Waals surface area (Å²) in [6, 6.07) is 7.51. The summed E-state index contributed by atoms with van der Waals surface area (Å²) in [5, 5.41) is 4.50. The molecule has 1 saturated carbocycles. The molecule has 3 nitrogen and oxygen atoms in total. The Morgan fingerprint density at radius 2 is 2.00 bits per heavy atom. The molecule has 0 radical (unpaired) electrons. The Morgan fingerprint density at radius 1 is 1.20 bits per heavy atom. The average molecular weight is 267 g/mol. The van der Waals surface area contributed by atoms with Crippen LogP contribution in [0.5, 0.6) is 0 Å². The molecule has 1 aliphatic carbocycles. The van der Waals surface area contributed by atoms with E-state index >= 15 is 0 Å². The molecule has 1 fully saturated rings. The first-order valence-corrected chi connectivity index (χ1v) is 7.45. The monoisotopic (exact) mass is 267 g/mol. The molecule has 20 heavy (non-hydrogen) atoms. The summed E-state index contributed by atoms with van der Waals surface area (Å²) in [5.41, 5.74) is 5.59. The number of benzene rings is 1. The molecular formula is C17H21N3. The summed E-state index contributed by atoms with van der Waals surface area (Å²) in [6.07, 6.45) is 6.75. The van der Waals surface area contributed by atoms with Gasteiger partial charge in [-0.1, -0.05) is 26.0 Å². The van der Waals surface area contributed by atoms with E-state index in [-0.39, 0.29) is 5.41 Å². The molecule has 1 aromatic heterocycles. The molecule has 0 N–H and O–H groups in total. The summed E-state index contributed by atoms with van der Waals surface area (Å²) < 4.78 is 2.12. The van der Waals surface area contributed by atoms with Crippen LogP contribution in [0.1, 0.15) is 38.3 Å². The first-order valence-electron chi connectivity index (χ1n) is 7.45. The average Bonchev–Trinajstić information content (AvgIpc) is 3.09. The van der Waals surface area contributed by atoms with Gasteiger partial charge in [0.05, 0.1) is 12.2 Å². The van der Waals surface area contributed by atoms with Crippen LogP contribution in [0.15, 0.2) is 30.6 Å². The minimum atomic E-state index is 0.251. The predicted octanol–water partition coefficient (Wildman–Crippen LogP) is 3.61. The lowest BCUT2D eigenvalue weighted by Crippen LogP contribution is -2.24. The molecule has 3 heteroatoms. The van der Waals surface area contributed by atoms with Gasteiger partial charge in [-0.05, 0) is 30.0 Å². The zero-order valence-corrected chi connectivity index (χ0v) is 12.4. The Hall–Kier alpha value is -1.77.